The fourth-order valence-corrected chi connectivity index (χ4v) is 3.57. The number of likely N-dealkylation sites (tertiary alicyclic amines) is 2. The first kappa shape index (κ1) is 16.3. The van der Waals surface area contributed by atoms with Crippen LogP contribution in [0, 0.1) is 5.92 Å². The smallest absolute Gasteiger partial charge is 0.303 e. The summed E-state index contributed by atoms with van der Waals surface area (Å²) in [7, 11) is 0. The van der Waals surface area contributed by atoms with E-state index in [1.165, 1.54) is 6.42 Å². The minimum Gasteiger partial charge on any atom is -0.481 e. The summed E-state index contributed by atoms with van der Waals surface area (Å²) in [5, 5.41) is 8.85. The molecule has 2 saturated heterocycles. The number of nitrogens with zero attached hydrogens (tertiary/aromatic N) is 2. The largest absolute Gasteiger partial charge is 0.481 e. The molecule has 0 aromatic rings. The van der Waals surface area contributed by atoms with Crippen molar-refractivity contribution in [3.63, 3.8) is 0 Å². The maximum atomic E-state index is 12.5. The summed E-state index contributed by atoms with van der Waals surface area (Å²) in [4.78, 5) is 27.4. The molecule has 0 radical (unpaired) electrons. The van der Waals surface area contributed by atoms with E-state index in [1.54, 1.807) is 0 Å². The summed E-state index contributed by atoms with van der Waals surface area (Å²) >= 11 is 0. The van der Waals surface area contributed by atoms with Gasteiger partial charge in [-0.15, -0.1) is 0 Å². The summed E-state index contributed by atoms with van der Waals surface area (Å²) in [5.41, 5.74) is 0. The number of piperidine rings is 2. The quantitative estimate of drug-likeness (QED) is 0.842. The Morgan fingerprint density at radius 2 is 1.95 bits per heavy atom. The van der Waals surface area contributed by atoms with E-state index >= 15 is 0 Å². The lowest BCUT2D eigenvalue weighted by Gasteiger charge is -2.38. The first-order valence-electron chi connectivity index (χ1n) is 8.30. The Kier molecular flexibility index (Phi) is 6.03. The second-order valence-electron chi connectivity index (χ2n) is 6.64. The average Bonchev–Trinajstić information content (AvgIpc) is 2.46. The van der Waals surface area contributed by atoms with Gasteiger partial charge < -0.3 is 10.0 Å². The van der Waals surface area contributed by atoms with Crippen molar-refractivity contribution < 1.29 is 14.7 Å². The van der Waals surface area contributed by atoms with Gasteiger partial charge >= 0.3 is 5.97 Å². The normalized spacial score (nSPS) is 27.6. The number of aliphatic carboxylic acids is 1. The van der Waals surface area contributed by atoms with E-state index in [9.17, 15) is 9.59 Å². The van der Waals surface area contributed by atoms with Crippen LogP contribution in [-0.2, 0) is 9.59 Å². The minimum atomic E-state index is -0.739. The zero-order chi connectivity index (χ0) is 15.2. The minimum absolute atomic E-state index is 0.204. The van der Waals surface area contributed by atoms with Crippen LogP contribution in [0.4, 0.5) is 0 Å². The van der Waals surface area contributed by atoms with Gasteiger partial charge in [0.2, 0.25) is 5.91 Å². The summed E-state index contributed by atoms with van der Waals surface area (Å²) in [6, 6.07) is 0.265. The van der Waals surface area contributed by atoms with E-state index in [0.717, 1.165) is 45.3 Å². The van der Waals surface area contributed by atoms with Crippen LogP contribution in [0.1, 0.15) is 51.9 Å². The van der Waals surface area contributed by atoms with E-state index < -0.39 is 5.97 Å². The van der Waals surface area contributed by atoms with E-state index in [0.29, 0.717) is 18.9 Å². The van der Waals surface area contributed by atoms with Crippen LogP contribution in [0.5, 0.6) is 0 Å². The van der Waals surface area contributed by atoms with Gasteiger partial charge in [-0.1, -0.05) is 13.3 Å². The number of carboxylic acids is 1. The van der Waals surface area contributed by atoms with E-state index in [-0.39, 0.29) is 18.4 Å². The Balaban J connectivity index is 1.85. The molecule has 120 valence electrons. The van der Waals surface area contributed by atoms with Crippen molar-refractivity contribution in [3.8, 4) is 0 Å². The molecule has 5 nitrogen and oxygen atoms in total. The number of amides is 1. The summed E-state index contributed by atoms with van der Waals surface area (Å²) < 4.78 is 0. The highest BCUT2D eigenvalue weighted by Crippen LogP contribution is 2.22. The predicted molar refractivity (Wildman–Crippen MR) is 81.1 cm³/mol. The van der Waals surface area contributed by atoms with Gasteiger partial charge in [0.1, 0.15) is 0 Å². The standard InChI is InChI=1S/C16H28N2O3/c1-13-5-4-10-18(11-13)15(19)12-17-9-3-2-6-14(17)7-8-16(20)21/h13-14H,2-12H2,1H3,(H,20,21). The van der Waals surface area contributed by atoms with E-state index in [2.05, 4.69) is 11.8 Å². The van der Waals surface area contributed by atoms with Crippen molar-refractivity contribution in [2.45, 2.75) is 57.9 Å². The molecule has 0 spiro atoms. The van der Waals surface area contributed by atoms with Gasteiger partial charge in [0, 0.05) is 25.6 Å². The predicted octanol–water partition coefficient (Wildman–Crippen LogP) is 1.96. The first-order valence-corrected chi connectivity index (χ1v) is 8.30. The molecule has 2 atom stereocenters. The SMILES string of the molecule is CC1CCCN(C(=O)CN2CCCCC2CCC(=O)O)C1. The van der Waals surface area contributed by atoms with Gasteiger partial charge in [-0.2, -0.15) is 0 Å². The van der Waals surface area contributed by atoms with Crippen molar-refractivity contribution in [1.82, 2.24) is 9.80 Å². The Labute approximate surface area is 127 Å². The van der Waals surface area contributed by atoms with Gasteiger partial charge in [0.25, 0.3) is 0 Å². The molecule has 21 heavy (non-hydrogen) atoms. The second-order valence-corrected chi connectivity index (χ2v) is 6.64. The van der Waals surface area contributed by atoms with E-state index in [1.807, 2.05) is 4.90 Å². The van der Waals surface area contributed by atoms with Crippen molar-refractivity contribution >= 4 is 11.9 Å². The molecule has 2 heterocycles. The highest BCUT2D eigenvalue weighted by atomic mass is 16.4. The van der Waals surface area contributed by atoms with Crippen molar-refractivity contribution in [1.29, 1.82) is 0 Å². The highest BCUT2D eigenvalue weighted by Gasteiger charge is 2.28. The van der Waals surface area contributed by atoms with Gasteiger partial charge in [0.05, 0.1) is 6.54 Å². The van der Waals surface area contributed by atoms with Gasteiger partial charge in [0.15, 0.2) is 0 Å². The van der Waals surface area contributed by atoms with Crippen molar-refractivity contribution in [2.24, 2.45) is 5.92 Å². The zero-order valence-electron chi connectivity index (χ0n) is 13.1. The molecule has 2 fully saturated rings. The van der Waals surface area contributed by atoms with Crippen LogP contribution < -0.4 is 0 Å². The van der Waals surface area contributed by atoms with Gasteiger partial charge in [-0.3, -0.25) is 14.5 Å². The molecule has 0 saturated carbocycles. The average molecular weight is 296 g/mol. The lowest BCUT2D eigenvalue weighted by Crippen LogP contribution is -2.49. The van der Waals surface area contributed by atoms with Crippen LogP contribution in [0.15, 0.2) is 0 Å². The summed E-state index contributed by atoms with van der Waals surface area (Å²) in [5.74, 6) is 0.0901. The number of carboxylic acid groups (broad SMARTS) is 1. The van der Waals surface area contributed by atoms with Crippen LogP contribution >= 0.6 is 0 Å². The maximum Gasteiger partial charge on any atom is 0.303 e. The number of carbonyl (C=O) groups is 2. The van der Waals surface area contributed by atoms with Crippen LogP contribution in [-0.4, -0.2) is 59.0 Å². The first-order chi connectivity index (χ1) is 10.1. The molecule has 2 rings (SSSR count). The second kappa shape index (κ2) is 7.78. The van der Waals surface area contributed by atoms with Crippen molar-refractivity contribution in [2.75, 3.05) is 26.2 Å². The lowest BCUT2D eigenvalue weighted by atomic mass is 9.97. The van der Waals surface area contributed by atoms with Crippen molar-refractivity contribution in [3.05, 3.63) is 0 Å². The summed E-state index contributed by atoms with van der Waals surface area (Å²) in [6.45, 7) is 5.37. The summed E-state index contributed by atoms with van der Waals surface area (Å²) in [6.07, 6.45) is 6.49. The molecular weight excluding hydrogens is 268 g/mol. The molecule has 1 N–H and O–H groups in total. The molecule has 5 heteroatoms. The number of hydrogen-bond donors (Lipinski definition) is 1. The molecule has 1 amide bonds. The number of hydrogen-bond acceptors (Lipinski definition) is 3. The third kappa shape index (κ3) is 4.99. The zero-order valence-corrected chi connectivity index (χ0v) is 13.1. The fraction of sp³-hybridized carbons (Fsp3) is 0.875. The van der Waals surface area contributed by atoms with Crippen LogP contribution in [0.25, 0.3) is 0 Å². The molecule has 0 bridgehead atoms. The lowest BCUT2D eigenvalue weighted by molar-refractivity contribution is -0.137. The Morgan fingerprint density at radius 3 is 2.67 bits per heavy atom. The van der Waals surface area contributed by atoms with Gasteiger partial charge in [-0.25, -0.2) is 0 Å². The molecular formula is C16H28N2O3. The van der Waals surface area contributed by atoms with Crippen LogP contribution in [0.3, 0.4) is 0 Å². The highest BCUT2D eigenvalue weighted by molar-refractivity contribution is 5.78. The Morgan fingerprint density at radius 1 is 1.14 bits per heavy atom. The van der Waals surface area contributed by atoms with Gasteiger partial charge in [-0.05, 0) is 44.6 Å². The third-order valence-electron chi connectivity index (χ3n) is 4.79. The Bertz CT molecular complexity index is 373. The fourth-order valence-electron chi connectivity index (χ4n) is 3.57. The van der Waals surface area contributed by atoms with Crippen LogP contribution in [0.2, 0.25) is 0 Å². The maximum absolute atomic E-state index is 12.5. The Hall–Kier alpha value is -1.10. The van der Waals surface area contributed by atoms with E-state index in [4.69, 9.17) is 5.11 Å². The number of rotatable bonds is 5. The topological polar surface area (TPSA) is 60.9 Å². The molecule has 2 unspecified atom stereocenters. The molecule has 2 aliphatic heterocycles. The number of carbonyl (C=O) groups excluding carboxylic acids is 1. The molecule has 2 aliphatic rings. The monoisotopic (exact) mass is 296 g/mol. The third-order valence-corrected chi connectivity index (χ3v) is 4.79. The molecule has 0 aliphatic carbocycles. The molecule has 0 aromatic carbocycles. The molecule has 0 aromatic heterocycles.